The van der Waals surface area contributed by atoms with E-state index in [9.17, 15) is 20.1 Å². The number of rotatable bonds is 3. The fourth-order valence-corrected chi connectivity index (χ4v) is 2.90. The van der Waals surface area contributed by atoms with Crippen molar-refractivity contribution in [1.29, 1.82) is 0 Å². The van der Waals surface area contributed by atoms with Crippen molar-refractivity contribution in [2.45, 2.75) is 32.8 Å². The predicted octanol–water partition coefficient (Wildman–Crippen LogP) is 4.02. The van der Waals surface area contributed by atoms with Gasteiger partial charge in [0.05, 0.1) is 6.42 Å². The Morgan fingerprint density at radius 3 is 2.48 bits per heavy atom. The molecule has 0 aliphatic carbocycles. The van der Waals surface area contributed by atoms with Gasteiger partial charge in [0.15, 0.2) is 5.78 Å². The highest BCUT2D eigenvalue weighted by Crippen LogP contribution is 2.45. The first kappa shape index (κ1) is 16.9. The summed E-state index contributed by atoms with van der Waals surface area (Å²) >= 11 is 0. The van der Waals surface area contributed by atoms with Crippen LogP contribution in [-0.4, -0.2) is 21.1 Å². The zero-order valence-corrected chi connectivity index (χ0v) is 14.1. The van der Waals surface area contributed by atoms with E-state index in [0.717, 1.165) is 11.1 Å². The molecule has 25 heavy (non-hydrogen) atoms. The maximum atomic E-state index is 12.6. The molecular formula is C20H20O5. The Morgan fingerprint density at radius 2 is 1.84 bits per heavy atom. The number of ether oxygens (including phenoxy) is 1. The lowest BCUT2D eigenvalue weighted by molar-refractivity contribution is 0.0842. The molecule has 0 spiro atoms. The third-order valence-electron chi connectivity index (χ3n) is 4.23. The Morgan fingerprint density at radius 1 is 1.16 bits per heavy atom. The molecule has 2 aromatic carbocycles. The van der Waals surface area contributed by atoms with E-state index < -0.39 is 6.10 Å². The SMILES string of the molecule is CC(C)=CCc1c(O)cc(O)c2c1O[C@@H](c1ccc(O)cc1)CC2=O. The van der Waals surface area contributed by atoms with Crippen LogP contribution in [0, 0.1) is 0 Å². The maximum absolute atomic E-state index is 12.6. The summed E-state index contributed by atoms with van der Waals surface area (Å²) < 4.78 is 6.00. The van der Waals surface area contributed by atoms with Crippen LogP contribution in [-0.2, 0) is 6.42 Å². The molecule has 3 rings (SSSR count). The Labute approximate surface area is 145 Å². The number of allylic oxidation sites excluding steroid dienone is 2. The van der Waals surface area contributed by atoms with E-state index in [1.54, 1.807) is 12.1 Å². The van der Waals surface area contributed by atoms with Crippen molar-refractivity contribution in [3.63, 3.8) is 0 Å². The number of aromatic hydroxyl groups is 3. The molecule has 1 aliphatic heterocycles. The largest absolute Gasteiger partial charge is 0.508 e. The quantitative estimate of drug-likeness (QED) is 0.735. The summed E-state index contributed by atoms with van der Waals surface area (Å²) in [6.45, 7) is 3.88. The van der Waals surface area contributed by atoms with Gasteiger partial charge in [-0.15, -0.1) is 0 Å². The van der Waals surface area contributed by atoms with Gasteiger partial charge in [-0.3, -0.25) is 4.79 Å². The molecule has 5 nitrogen and oxygen atoms in total. The van der Waals surface area contributed by atoms with Crippen molar-refractivity contribution in [3.8, 4) is 23.0 Å². The van der Waals surface area contributed by atoms with E-state index in [4.69, 9.17) is 4.74 Å². The third-order valence-corrected chi connectivity index (χ3v) is 4.23. The molecule has 0 radical (unpaired) electrons. The topological polar surface area (TPSA) is 87.0 Å². The zero-order chi connectivity index (χ0) is 18.1. The number of phenolic OH excluding ortho intramolecular Hbond substituents is 3. The molecule has 130 valence electrons. The minimum absolute atomic E-state index is 0.0815. The Kier molecular flexibility index (Phi) is 4.40. The highest BCUT2D eigenvalue weighted by molar-refractivity contribution is 6.03. The lowest BCUT2D eigenvalue weighted by Crippen LogP contribution is -2.21. The highest BCUT2D eigenvalue weighted by Gasteiger charge is 2.33. The minimum Gasteiger partial charge on any atom is -0.508 e. The monoisotopic (exact) mass is 340 g/mol. The van der Waals surface area contributed by atoms with Gasteiger partial charge in [-0.1, -0.05) is 23.8 Å². The maximum Gasteiger partial charge on any atom is 0.174 e. The molecule has 2 aromatic rings. The first-order valence-electron chi connectivity index (χ1n) is 8.06. The number of phenols is 3. The van der Waals surface area contributed by atoms with Crippen molar-refractivity contribution in [2.24, 2.45) is 0 Å². The van der Waals surface area contributed by atoms with E-state index in [2.05, 4.69) is 0 Å². The molecule has 0 unspecified atom stereocenters. The smallest absolute Gasteiger partial charge is 0.174 e. The first-order valence-corrected chi connectivity index (χ1v) is 8.06. The van der Waals surface area contributed by atoms with Crippen molar-refractivity contribution < 1.29 is 24.9 Å². The number of benzene rings is 2. The second kappa shape index (κ2) is 6.51. The summed E-state index contributed by atoms with van der Waals surface area (Å²) in [6.07, 6.45) is 1.86. The minimum atomic E-state index is -0.535. The fourth-order valence-electron chi connectivity index (χ4n) is 2.90. The second-order valence-corrected chi connectivity index (χ2v) is 6.41. The van der Waals surface area contributed by atoms with Gasteiger partial charge in [0.2, 0.25) is 0 Å². The standard InChI is InChI=1S/C20H20O5/c1-11(2)3-8-14-15(22)9-16(23)19-17(24)10-18(25-20(14)19)12-4-6-13(21)7-5-12/h3-7,9,18,21-23H,8,10H2,1-2H3/t18-/m1/s1. The van der Waals surface area contributed by atoms with Crippen LogP contribution >= 0.6 is 0 Å². The van der Waals surface area contributed by atoms with Gasteiger partial charge in [0, 0.05) is 11.6 Å². The molecule has 1 atom stereocenters. The number of carbonyl (C=O) groups is 1. The molecule has 0 saturated carbocycles. The highest BCUT2D eigenvalue weighted by atomic mass is 16.5. The van der Waals surface area contributed by atoms with E-state index in [-0.39, 0.29) is 40.8 Å². The van der Waals surface area contributed by atoms with Crippen LogP contribution in [0.15, 0.2) is 42.0 Å². The number of ketones is 1. The molecule has 3 N–H and O–H groups in total. The zero-order valence-electron chi connectivity index (χ0n) is 14.1. The number of hydrogen-bond acceptors (Lipinski definition) is 5. The van der Waals surface area contributed by atoms with E-state index in [1.165, 1.54) is 18.2 Å². The molecule has 0 aromatic heterocycles. The summed E-state index contributed by atoms with van der Waals surface area (Å²) in [5, 5.41) is 29.7. The fraction of sp³-hybridized carbons (Fsp3) is 0.250. The van der Waals surface area contributed by atoms with Gasteiger partial charge in [0.25, 0.3) is 0 Å². The summed E-state index contributed by atoms with van der Waals surface area (Å²) in [6, 6.07) is 7.63. The molecule has 1 aliphatic rings. The van der Waals surface area contributed by atoms with Crippen molar-refractivity contribution in [3.05, 3.63) is 58.7 Å². The third kappa shape index (κ3) is 3.31. The average molecular weight is 340 g/mol. The van der Waals surface area contributed by atoms with E-state index >= 15 is 0 Å². The number of fused-ring (bicyclic) bond motifs is 1. The van der Waals surface area contributed by atoms with Crippen LogP contribution in [0.5, 0.6) is 23.0 Å². The molecule has 0 bridgehead atoms. The van der Waals surface area contributed by atoms with Crippen molar-refractivity contribution in [1.82, 2.24) is 0 Å². The van der Waals surface area contributed by atoms with Crippen LogP contribution in [0.2, 0.25) is 0 Å². The van der Waals surface area contributed by atoms with Gasteiger partial charge in [0.1, 0.15) is 34.7 Å². The Balaban J connectivity index is 2.07. The number of Topliss-reactive ketones (excluding diaryl/α,β-unsaturated/α-hetero) is 1. The van der Waals surface area contributed by atoms with Crippen LogP contribution in [0.25, 0.3) is 0 Å². The second-order valence-electron chi connectivity index (χ2n) is 6.41. The first-order chi connectivity index (χ1) is 11.9. The predicted molar refractivity (Wildman–Crippen MR) is 93.3 cm³/mol. The normalized spacial score (nSPS) is 16.1. The molecule has 0 saturated heterocycles. The molecular weight excluding hydrogens is 320 g/mol. The lowest BCUT2D eigenvalue weighted by Gasteiger charge is -2.28. The van der Waals surface area contributed by atoms with Crippen LogP contribution in [0.1, 0.15) is 47.9 Å². The van der Waals surface area contributed by atoms with Crippen molar-refractivity contribution >= 4 is 5.78 Å². The van der Waals surface area contributed by atoms with Crippen LogP contribution < -0.4 is 4.74 Å². The van der Waals surface area contributed by atoms with Gasteiger partial charge in [-0.05, 0) is 38.0 Å². The summed E-state index contributed by atoms with van der Waals surface area (Å²) in [5.41, 5.74) is 2.40. The Hall–Kier alpha value is -2.95. The Bertz CT molecular complexity index is 845. The molecule has 0 fully saturated rings. The average Bonchev–Trinajstić information content (AvgIpc) is 2.54. The van der Waals surface area contributed by atoms with Gasteiger partial charge in [-0.2, -0.15) is 0 Å². The lowest BCUT2D eigenvalue weighted by atomic mass is 9.92. The van der Waals surface area contributed by atoms with Crippen molar-refractivity contribution in [2.75, 3.05) is 0 Å². The molecule has 0 amide bonds. The van der Waals surface area contributed by atoms with E-state index in [1.807, 2.05) is 19.9 Å². The summed E-state index contributed by atoms with van der Waals surface area (Å²) in [4.78, 5) is 12.6. The summed E-state index contributed by atoms with van der Waals surface area (Å²) in [7, 11) is 0. The van der Waals surface area contributed by atoms with Gasteiger partial charge < -0.3 is 20.1 Å². The number of hydrogen-bond donors (Lipinski definition) is 3. The van der Waals surface area contributed by atoms with E-state index in [0.29, 0.717) is 12.0 Å². The molecule has 5 heteroatoms. The van der Waals surface area contributed by atoms with Crippen LogP contribution in [0.4, 0.5) is 0 Å². The summed E-state index contributed by atoms with van der Waals surface area (Å²) in [5.74, 6) is -0.263. The van der Waals surface area contributed by atoms with Gasteiger partial charge >= 0.3 is 0 Å². The van der Waals surface area contributed by atoms with Gasteiger partial charge in [-0.25, -0.2) is 0 Å². The van der Waals surface area contributed by atoms with Crippen LogP contribution in [0.3, 0.4) is 0 Å². The molecule has 1 heterocycles. The number of carbonyl (C=O) groups excluding carboxylic acids is 1.